The summed E-state index contributed by atoms with van der Waals surface area (Å²) < 4.78 is 4.84. The van der Waals surface area contributed by atoms with Crippen molar-refractivity contribution in [2.24, 2.45) is 0 Å². The Morgan fingerprint density at radius 2 is 2.64 bits per heavy atom. The summed E-state index contributed by atoms with van der Waals surface area (Å²) in [6, 6.07) is 0. The highest BCUT2D eigenvalue weighted by Gasteiger charge is 2.09. The largest absolute Gasteiger partial charge is 0.473 e. The number of aliphatic hydroxyl groups excluding tert-OH is 1. The minimum atomic E-state index is -0.627. The first-order valence-corrected chi connectivity index (χ1v) is 4.36. The van der Waals surface area contributed by atoms with Crippen molar-refractivity contribution in [2.75, 3.05) is 13.0 Å². The number of aliphatic hydroxyl groups is 1. The molecule has 0 amide bonds. The van der Waals surface area contributed by atoms with Crippen LogP contribution in [0.25, 0.3) is 0 Å². The van der Waals surface area contributed by atoms with E-state index in [0.717, 1.165) is 4.88 Å². The van der Waals surface area contributed by atoms with Crippen LogP contribution >= 0.6 is 22.9 Å². The number of nitrogens with zero attached hydrogens (tertiary/aromatic N) is 1. The SMILES string of the molecule is COc1ncc(C(O)CCl)s1. The number of thiazole rings is 1. The minimum absolute atomic E-state index is 0.186. The monoisotopic (exact) mass is 193 g/mol. The normalized spacial score (nSPS) is 13.0. The van der Waals surface area contributed by atoms with Gasteiger partial charge in [0.1, 0.15) is 6.10 Å². The molecule has 0 saturated heterocycles. The Labute approximate surface area is 73.6 Å². The molecule has 1 unspecified atom stereocenters. The van der Waals surface area contributed by atoms with Crippen LogP contribution in [0.3, 0.4) is 0 Å². The molecular formula is C6H8ClNO2S. The fraction of sp³-hybridized carbons (Fsp3) is 0.500. The molecule has 1 aromatic rings. The van der Waals surface area contributed by atoms with Gasteiger partial charge in [-0.2, -0.15) is 0 Å². The zero-order valence-electron chi connectivity index (χ0n) is 5.95. The molecule has 11 heavy (non-hydrogen) atoms. The van der Waals surface area contributed by atoms with E-state index in [0.29, 0.717) is 5.19 Å². The number of hydrogen-bond acceptors (Lipinski definition) is 4. The van der Waals surface area contributed by atoms with Gasteiger partial charge in [0.2, 0.25) is 0 Å². The third-order valence-corrected chi connectivity index (χ3v) is 2.50. The lowest BCUT2D eigenvalue weighted by molar-refractivity contribution is 0.206. The van der Waals surface area contributed by atoms with Crippen molar-refractivity contribution in [3.8, 4) is 5.19 Å². The van der Waals surface area contributed by atoms with Gasteiger partial charge in [-0.1, -0.05) is 11.3 Å². The average Bonchev–Trinajstić information content (AvgIpc) is 2.50. The van der Waals surface area contributed by atoms with Crippen LogP contribution in [0.2, 0.25) is 0 Å². The second-order valence-corrected chi connectivity index (χ2v) is 3.24. The van der Waals surface area contributed by atoms with Crippen molar-refractivity contribution >= 4 is 22.9 Å². The molecule has 1 rings (SSSR count). The van der Waals surface area contributed by atoms with Crippen LogP contribution < -0.4 is 4.74 Å². The Kier molecular flexibility index (Phi) is 3.11. The van der Waals surface area contributed by atoms with Crippen molar-refractivity contribution in [3.05, 3.63) is 11.1 Å². The van der Waals surface area contributed by atoms with Crippen LogP contribution in [0.15, 0.2) is 6.20 Å². The Hall–Kier alpha value is -0.320. The molecule has 0 aliphatic heterocycles. The van der Waals surface area contributed by atoms with Gasteiger partial charge < -0.3 is 9.84 Å². The second kappa shape index (κ2) is 3.90. The standard InChI is InChI=1S/C6H8ClNO2S/c1-10-6-8-3-5(11-6)4(9)2-7/h3-4,9H,2H2,1H3. The van der Waals surface area contributed by atoms with Gasteiger partial charge in [0.05, 0.1) is 17.9 Å². The van der Waals surface area contributed by atoms with Gasteiger partial charge in [0.25, 0.3) is 5.19 Å². The molecule has 1 atom stereocenters. The van der Waals surface area contributed by atoms with E-state index in [-0.39, 0.29) is 5.88 Å². The molecule has 0 spiro atoms. The summed E-state index contributed by atoms with van der Waals surface area (Å²) in [5, 5.41) is 9.77. The molecule has 0 aliphatic rings. The van der Waals surface area contributed by atoms with Gasteiger partial charge in [-0.25, -0.2) is 4.98 Å². The fourth-order valence-electron chi connectivity index (χ4n) is 0.594. The summed E-state index contributed by atoms with van der Waals surface area (Å²) in [4.78, 5) is 4.61. The van der Waals surface area contributed by atoms with Gasteiger partial charge in [-0.3, -0.25) is 0 Å². The summed E-state index contributed by atoms with van der Waals surface area (Å²) in [6.07, 6.45) is 0.939. The van der Waals surface area contributed by atoms with Crippen molar-refractivity contribution in [1.82, 2.24) is 4.98 Å². The van der Waals surface area contributed by atoms with E-state index >= 15 is 0 Å². The molecule has 1 N–H and O–H groups in total. The van der Waals surface area contributed by atoms with Crippen LogP contribution in [-0.2, 0) is 0 Å². The first-order valence-electron chi connectivity index (χ1n) is 3.01. The van der Waals surface area contributed by atoms with E-state index in [1.165, 1.54) is 18.4 Å². The lowest BCUT2D eigenvalue weighted by Crippen LogP contribution is -1.94. The summed E-state index contributed by atoms with van der Waals surface area (Å²) in [5.41, 5.74) is 0. The van der Waals surface area contributed by atoms with Gasteiger partial charge >= 0.3 is 0 Å². The molecule has 5 heteroatoms. The van der Waals surface area contributed by atoms with Crippen molar-refractivity contribution in [3.63, 3.8) is 0 Å². The van der Waals surface area contributed by atoms with E-state index in [2.05, 4.69) is 4.98 Å². The quantitative estimate of drug-likeness (QED) is 0.739. The van der Waals surface area contributed by atoms with Crippen LogP contribution in [0, 0.1) is 0 Å². The lowest BCUT2D eigenvalue weighted by Gasteiger charge is -1.99. The molecule has 62 valence electrons. The molecule has 3 nitrogen and oxygen atoms in total. The molecule has 0 bridgehead atoms. The van der Waals surface area contributed by atoms with E-state index in [1.807, 2.05) is 0 Å². The van der Waals surface area contributed by atoms with E-state index in [9.17, 15) is 5.11 Å². The lowest BCUT2D eigenvalue weighted by atomic mass is 10.4. The number of methoxy groups -OCH3 is 1. The Morgan fingerprint density at radius 1 is 1.91 bits per heavy atom. The maximum atomic E-state index is 9.22. The highest BCUT2D eigenvalue weighted by Crippen LogP contribution is 2.26. The maximum Gasteiger partial charge on any atom is 0.273 e. The van der Waals surface area contributed by atoms with Crippen molar-refractivity contribution in [1.29, 1.82) is 0 Å². The predicted molar refractivity (Wildman–Crippen MR) is 44.3 cm³/mol. The molecule has 1 heterocycles. The number of alkyl halides is 1. The zero-order chi connectivity index (χ0) is 8.27. The van der Waals surface area contributed by atoms with Crippen LogP contribution in [0.1, 0.15) is 11.0 Å². The van der Waals surface area contributed by atoms with Crippen LogP contribution in [0.4, 0.5) is 0 Å². The molecule has 0 aromatic carbocycles. The van der Waals surface area contributed by atoms with Crippen molar-refractivity contribution < 1.29 is 9.84 Å². The highest BCUT2D eigenvalue weighted by molar-refractivity contribution is 7.13. The third-order valence-electron chi connectivity index (χ3n) is 1.15. The fourth-order valence-corrected chi connectivity index (χ4v) is 1.57. The average molecular weight is 194 g/mol. The van der Waals surface area contributed by atoms with Crippen LogP contribution in [0.5, 0.6) is 5.19 Å². The van der Waals surface area contributed by atoms with E-state index in [4.69, 9.17) is 16.3 Å². The number of hydrogen-bond donors (Lipinski definition) is 1. The molecule has 0 radical (unpaired) electrons. The Bertz CT molecular complexity index is 228. The summed E-state index contributed by atoms with van der Waals surface area (Å²) in [5.74, 6) is 0.186. The minimum Gasteiger partial charge on any atom is -0.473 e. The summed E-state index contributed by atoms with van der Waals surface area (Å²) in [7, 11) is 1.54. The molecule has 0 saturated carbocycles. The number of rotatable bonds is 3. The van der Waals surface area contributed by atoms with Gasteiger partial charge in [0, 0.05) is 6.20 Å². The van der Waals surface area contributed by atoms with Gasteiger partial charge in [-0.15, -0.1) is 11.6 Å². The third kappa shape index (κ3) is 2.05. The molecule has 0 aliphatic carbocycles. The Balaban J connectivity index is 2.71. The number of ether oxygens (including phenoxy) is 1. The number of halogens is 1. The molecular weight excluding hydrogens is 186 g/mol. The summed E-state index contributed by atoms with van der Waals surface area (Å²) in [6.45, 7) is 0. The number of aromatic nitrogens is 1. The predicted octanol–water partition coefficient (Wildman–Crippen LogP) is 1.42. The Morgan fingerprint density at radius 3 is 3.09 bits per heavy atom. The smallest absolute Gasteiger partial charge is 0.273 e. The summed E-state index contributed by atoms with van der Waals surface area (Å²) >= 11 is 6.72. The zero-order valence-corrected chi connectivity index (χ0v) is 7.52. The first-order chi connectivity index (χ1) is 5.27. The maximum absolute atomic E-state index is 9.22. The topological polar surface area (TPSA) is 42.4 Å². The van der Waals surface area contributed by atoms with Gasteiger partial charge in [0.15, 0.2) is 0 Å². The van der Waals surface area contributed by atoms with Crippen molar-refractivity contribution in [2.45, 2.75) is 6.10 Å². The van der Waals surface area contributed by atoms with Gasteiger partial charge in [-0.05, 0) is 0 Å². The van der Waals surface area contributed by atoms with E-state index < -0.39 is 6.10 Å². The highest BCUT2D eigenvalue weighted by atomic mass is 35.5. The first kappa shape index (κ1) is 8.77. The van der Waals surface area contributed by atoms with E-state index in [1.54, 1.807) is 6.20 Å². The molecule has 1 aromatic heterocycles. The molecule has 0 fully saturated rings. The van der Waals surface area contributed by atoms with Crippen LogP contribution in [-0.4, -0.2) is 23.1 Å². The second-order valence-electron chi connectivity index (χ2n) is 1.90.